The third kappa shape index (κ3) is 2.52. The molecule has 0 spiro atoms. The van der Waals surface area contributed by atoms with Crippen molar-refractivity contribution in [2.75, 3.05) is 11.4 Å². The summed E-state index contributed by atoms with van der Waals surface area (Å²) in [5, 5.41) is 0. The smallest absolute Gasteiger partial charge is 0.230 e. The summed E-state index contributed by atoms with van der Waals surface area (Å²) in [5.74, 6) is 0.428. The Labute approximate surface area is 114 Å². The van der Waals surface area contributed by atoms with Crippen LogP contribution in [0, 0.1) is 5.92 Å². The van der Waals surface area contributed by atoms with E-state index in [-0.39, 0.29) is 12.0 Å². The second-order valence-electron chi connectivity index (χ2n) is 5.85. The number of amides is 1. The van der Waals surface area contributed by atoms with Crippen molar-refractivity contribution >= 4 is 11.6 Å². The molecule has 3 heteroatoms. The molecule has 1 aromatic rings. The first kappa shape index (κ1) is 12.7. The standard InChI is InChI=1S/C16H22N2O/c17-14-8-3-6-13(11-14)16(19)18-10-4-7-12-5-1-2-9-15(12)18/h1-2,5,9,13-14H,3-4,6-8,10-11,17H2. The van der Waals surface area contributed by atoms with E-state index in [0.717, 1.165) is 50.8 Å². The van der Waals surface area contributed by atoms with E-state index in [0.29, 0.717) is 5.91 Å². The number of fused-ring (bicyclic) bond motifs is 1. The van der Waals surface area contributed by atoms with Gasteiger partial charge in [-0.1, -0.05) is 24.6 Å². The third-order valence-electron chi connectivity index (χ3n) is 4.44. The molecular formula is C16H22N2O. The van der Waals surface area contributed by atoms with Crippen molar-refractivity contribution in [3.05, 3.63) is 29.8 Å². The number of nitrogens with zero attached hydrogens (tertiary/aromatic N) is 1. The molecule has 2 aliphatic rings. The quantitative estimate of drug-likeness (QED) is 0.841. The third-order valence-corrected chi connectivity index (χ3v) is 4.44. The van der Waals surface area contributed by atoms with E-state index in [4.69, 9.17) is 5.73 Å². The van der Waals surface area contributed by atoms with Crippen molar-refractivity contribution < 1.29 is 4.79 Å². The zero-order valence-electron chi connectivity index (χ0n) is 11.3. The molecule has 1 aliphatic carbocycles. The number of benzene rings is 1. The van der Waals surface area contributed by atoms with Gasteiger partial charge in [-0.3, -0.25) is 4.79 Å². The van der Waals surface area contributed by atoms with Crippen molar-refractivity contribution in [3.8, 4) is 0 Å². The molecule has 19 heavy (non-hydrogen) atoms. The van der Waals surface area contributed by atoms with Crippen molar-refractivity contribution in [2.45, 2.75) is 44.6 Å². The highest BCUT2D eigenvalue weighted by atomic mass is 16.2. The van der Waals surface area contributed by atoms with Gasteiger partial charge in [-0.25, -0.2) is 0 Å². The lowest BCUT2D eigenvalue weighted by Gasteiger charge is -2.34. The number of carbonyl (C=O) groups is 1. The molecular weight excluding hydrogens is 236 g/mol. The summed E-state index contributed by atoms with van der Waals surface area (Å²) in [5.41, 5.74) is 8.45. The molecule has 1 fully saturated rings. The second kappa shape index (κ2) is 5.33. The maximum absolute atomic E-state index is 12.7. The van der Waals surface area contributed by atoms with Crippen molar-refractivity contribution in [1.82, 2.24) is 0 Å². The number of rotatable bonds is 1. The van der Waals surface area contributed by atoms with Crippen LogP contribution in [0.3, 0.4) is 0 Å². The van der Waals surface area contributed by atoms with Gasteiger partial charge in [0.05, 0.1) is 0 Å². The predicted octanol–water partition coefficient (Wildman–Crippen LogP) is 2.48. The number of carbonyl (C=O) groups excluding carboxylic acids is 1. The Morgan fingerprint density at radius 2 is 2.05 bits per heavy atom. The molecule has 3 nitrogen and oxygen atoms in total. The Balaban J connectivity index is 1.81. The van der Waals surface area contributed by atoms with E-state index >= 15 is 0 Å². The normalized spacial score (nSPS) is 26.9. The van der Waals surface area contributed by atoms with Crippen LogP contribution in [0.5, 0.6) is 0 Å². The Bertz CT molecular complexity index is 472. The first-order chi connectivity index (χ1) is 9.25. The van der Waals surface area contributed by atoms with Gasteiger partial charge in [0.2, 0.25) is 5.91 Å². The molecule has 0 aromatic heterocycles. The molecule has 0 saturated heterocycles. The SMILES string of the molecule is NC1CCCC(C(=O)N2CCCc3ccccc32)C1. The highest BCUT2D eigenvalue weighted by molar-refractivity contribution is 5.96. The maximum atomic E-state index is 12.7. The minimum atomic E-state index is 0.134. The van der Waals surface area contributed by atoms with Gasteiger partial charge in [0.15, 0.2) is 0 Å². The van der Waals surface area contributed by atoms with Crippen molar-refractivity contribution in [3.63, 3.8) is 0 Å². The Kier molecular flexibility index (Phi) is 3.56. The molecule has 2 unspecified atom stereocenters. The first-order valence-corrected chi connectivity index (χ1v) is 7.40. The fraction of sp³-hybridized carbons (Fsp3) is 0.562. The molecule has 0 bridgehead atoms. The molecule has 102 valence electrons. The van der Waals surface area contributed by atoms with Gasteiger partial charge >= 0.3 is 0 Å². The Hall–Kier alpha value is -1.35. The van der Waals surface area contributed by atoms with Crippen LogP contribution in [0.25, 0.3) is 0 Å². The molecule has 1 aromatic carbocycles. The summed E-state index contributed by atoms with van der Waals surface area (Å²) in [4.78, 5) is 14.7. The van der Waals surface area contributed by atoms with E-state index in [1.807, 2.05) is 11.0 Å². The van der Waals surface area contributed by atoms with E-state index in [1.54, 1.807) is 0 Å². The molecule has 0 radical (unpaired) electrons. The summed E-state index contributed by atoms with van der Waals surface area (Å²) in [7, 11) is 0. The van der Waals surface area contributed by atoms with Crippen LogP contribution in [-0.4, -0.2) is 18.5 Å². The summed E-state index contributed by atoms with van der Waals surface area (Å²) in [6, 6.07) is 8.51. The lowest BCUT2D eigenvalue weighted by Crippen LogP contribution is -2.43. The highest BCUT2D eigenvalue weighted by Crippen LogP contribution is 2.31. The van der Waals surface area contributed by atoms with Crippen molar-refractivity contribution in [2.24, 2.45) is 11.7 Å². The molecule has 3 rings (SSSR count). The van der Waals surface area contributed by atoms with E-state index in [2.05, 4.69) is 18.2 Å². The topological polar surface area (TPSA) is 46.3 Å². The van der Waals surface area contributed by atoms with Gasteiger partial charge in [-0.15, -0.1) is 0 Å². The fourth-order valence-electron chi connectivity index (χ4n) is 3.43. The van der Waals surface area contributed by atoms with Crippen LogP contribution < -0.4 is 10.6 Å². The minimum Gasteiger partial charge on any atom is -0.328 e. The largest absolute Gasteiger partial charge is 0.328 e. The second-order valence-corrected chi connectivity index (χ2v) is 5.85. The van der Waals surface area contributed by atoms with Gasteiger partial charge in [0, 0.05) is 24.2 Å². The van der Waals surface area contributed by atoms with Crippen molar-refractivity contribution in [1.29, 1.82) is 0 Å². The lowest BCUT2D eigenvalue weighted by atomic mass is 9.84. The number of para-hydroxylation sites is 1. The number of aryl methyl sites for hydroxylation is 1. The average Bonchev–Trinajstić information content (AvgIpc) is 2.46. The summed E-state index contributed by atoms with van der Waals surface area (Å²) >= 11 is 0. The van der Waals surface area contributed by atoms with Crippen LogP contribution in [0.15, 0.2) is 24.3 Å². The number of anilines is 1. The zero-order valence-corrected chi connectivity index (χ0v) is 11.3. The Morgan fingerprint density at radius 3 is 2.89 bits per heavy atom. The van der Waals surface area contributed by atoms with E-state index < -0.39 is 0 Å². The average molecular weight is 258 g/mol. The monoisotopic (exact) mass is 258 g/mol. The van der Waals surface area contributed by atoms with Crippen LogP contribution in [0.2, 0.25) is 0 Å². The van der Waals surface area contributed by atoms with E-state index in [9.17, 15) is 4.79 Å². The van der Waals surface area contributed by atoms with E-state index in [1.165, 1.54) is 5.56 Å². The molecule has 2 N–H and O–H groups in total. The molecule has 1 amide bonds. The number of nitrogens with two attached hydrogens (primary N) is 1. The summed E-state index contributed by atoms with van der Waals surface area (Å²) in [6.07, 6.45) is 6.18. The first-order valence-electron chi connectivity index (χ1n) is 7.40. The minimum absolute atomic E-state index is 0.134. The van der Waals surface area contributed by atoms with Crippen LogP contribution in [-0.2, 0) is 11.2 Å². The molecule has 1 heterocycles. The summed E-state index contributed by atoms with van der Waals surface area (Å²) < 4.78 is 0. The maximum Gasteiger partial charge on any atom is 0.230 e. The van der Waals surface area contributed by atoms with Gasteiger partial charge in [-0.2, -0.15) is 0 Å². The fourth-order valence-corrected chi connectivity index (χ4v) is 3.43. The lowest BCUT2D eigenvalue weighted by molar-refractivity contribution is -0.123. The van der Waals surface area contributed by atoms with Crippen LogP contribution in [0.1, 0.15) is 37.7 Å². The van der Waals surface area contributed by atoms with Gasteiger partial charge in [0.1, 0.15) is 0 Å². The van der Waals surface area contributed by atoms with Crippen LogP contribution in [0.4, 0.5) is 5.69 Å². The van der Waals surface area contributed by atoms with Crippen LogP contribution >= 0.6 is 0 Å². The molecule has 1 aliphatic heterocycles. The zero-order chi connectivity index (χ0) is 13.2. The summed E-state index contributed by atoms with van der Waals surface area (Å²) in [6.45, 7) is 0.863. The number of hydrogen-bond acceptors (Lipinski definition) is 2. The van der Waals surface area contributed by atoms with Gasteiger partial charge < -0.3 is 10.6 Å². The van der Waals surface area contributed by atoms with Gasteiger partial charge in [0.25, 0.3) is 0 Å². The van der Waals surface area contributed by atoms with Gasteiger partial charge in [-0.05, 0) is 43.7 Å². The predicted molar refractivity (Wildman–Crippen MR) is 77.0 cm³/mol. The Morgan fingerprint density at radius 1 is 1.21 bits per heavy atom. The molecule has 2 atom stereocenters. The highest BCUT2D eigenvalue weighted by Gasteiger charge is 2.31. The molecule has 1 saturated carbocycles. The number of hydrogen-bond donors (Lipinski definition) is 1.